The molecule has 0 saturated heterocycles. The number of hydrogen-bond acceptors (Lipinski definition) is 4. The number of esters is 1. The summed E-state index contributed by atoms with van der Waals surface area (Å²) < 4.78 is 15.8. The standard InChI is InChI=1S/C14H28O4/c1-12(2)7-9-18-14(15)6-5-8-16-10-11-17-13(3)4/h12-13H,5-11H2,1-4H3. The van der Waals surface area contributed by atoms with Crippen molar-refractivity contribution in [1.29, 1.82) is 0 Å². The van der Waals surface area contributed by atoms with E-state index in [1.165, 1.54) is 0 Å². The van der Waals surface area contributed by atoms with Gasteiger partial charge in [0.1, 0.15) is 0 Å². The lowest BCUT2D eigenvalue weighted by Gasteiger charge is -2.08. The summed E-state index contributed by atoms with van der Waals surface area (Å²) in [4.78, 5) is 11.3. The summed E-state index contributed by atoms with van der Waals surface area (Å²) in [6, 6.07) is 0. The summed E-state index contributed by atoms with van der Waals surface area (Å²) in [5, 5.41) is 0. The third-order valence-electron chi connectivity index (χ3n) is 2.31. The van der Waals surface area contributed by atoms with Gasteiger partial charge in [-0.25, -0.2) is 0 Å². The molecule has 18 heavy (non-hydrogen) atoms. The molecule has 0 N–H and O–H groups in total. The zero-order valence-electron chi connectivity index (χ0n) is 12.2. The SMILES string of the molecule is CC(C)CCOC(=O)CCCOCCOC(C)C. The van der Waals surface area contributed by atoms with Gasteiger partial charge in [-0.1, -0.05) is 13.8 Å². The molecule has 0 rings (SSSR count). The Labute approximate surface area is 111 Å². The lowest BCUT2D eigenvalue weighted by Crippen LogP contribution is -2.11. The van der Waals surface area contributed by atoms with Crippen molar-refractivity contribution in [1.82, 2.24) is 0 Å². The molecule has 0 aromatic heterocycles. The molecule has 0 atom stereocenters. The molecule has 0 saturated carbocycles. The summed E-state index contributed by atoms with van der Waals surface area (Å²) in [7, 11) is 0. The largest absolute Gasteiger partial charge is 0.466 e. The third kappa shape index (κ3) is 13.5. The second-order valence-corrected chi connectivity index (χ2v) is 5.04. The molecule has 0 amide bonds. The lowest BCUT2D eigenvalue weighted by molar-refractivity contribution is -0.144. The van der Waals surface area contributed by atoms with Crippen LogP contribution in [0.2, 0.25) is 0 Å². The van der Waals surface area contributed by atoms with Gasteiger partial charge in [-0.15, -0.1) is 0 Å². The highest BCUT2D eigenvalue weighted by Gasteiger charge is 2.03. The van der Waals surface area contributed by atoms with Crippen molar-refractivity contribution in [3.05, 3.63) is 0 Å². The Morgan fingerprint density at radius 3 is 2.33 bits per heavy atom. The molecule has 0 spiro atoms. The van der Waals surface area contributed by atoms with Crippen LogP contribution in [0.15, 0.2) is 0 Å². The van der Waals surface area contributed by atoms with Crippen LogP contribution in [0.4, 0.5) is 0 Å². The van der Waals surface area contributed by atoms with E-state index < -0.39 is 0 Å². The Morgan fingerprint density at radius 2 is 1.72 bits per heavy atom. The van der Waals surface area contributed by atoms with Gasteiger partial charge in [0.2, 0.25) is 0 Å². The van der Waals surface area contributed by atoms with E-state index in [4.69, 9.17) is 14.2 Å². The summed E-state index contributed by atoms with van der Waals surface area (Å²) in [5.41, 5.74) is 0. The molecule has 4 nitrogen and oxygen atoms in total. The molecular formula is C14H28O4. The van der Waals surface area contributed by atoms with E-state index in [-0.39, 0.29) is 12.1 Å². The van der Waals surface area contributed by atoms with Crippen molar-refractivity contribution >= 4 is 5.97 Å². The maximum absolute atomic E-state index is 11.3. The first kappa shape index (κ1) is 17.4. The maximum Gasteiger partial charge on any atom is 0.305 e. The Morgan fingerprint density at radius 1 is 1.00 bits per heavy atom. The van der Waals surface area contributed by atoms with Gasteiger partial charge in [0, 0.05) is 13.0 Å². The zero-order valence-corrected chi connectivity index (χ0v) is 12.2. The van der Waals surface area contributed by atoms with Crippen LogP contribution in [0.5, 0.6) is 0 Å². The Hall–Kier alpha value is -0.610. The fourth-order valence-electron chi connectivity index (χ4n) is 1.24. The Balaban J connectivity index is 3.20. The summed E-state index contributed by atoms with van der Waals surface area (Å²) in [6.45, 7) is 10.5. The Bertz CT molecular complexity index is 202. The van der Waals surface area contributed by atoms with Crippen LogP contribution >= 0.6 is 0 Å². The molecule has 0 aromatic carbocycles. The van der Waals surface area contributed by atoms with E-state index in [0.717, 1.165) is 6.42 Å². The average Bonchev–Trinajstić information content (AvgIpc) is 2.26. The number of hydrogen-bond donors (Lipinski definition) is 0. The fraction of sp³-hybridized carbons (Fsp3) is 0.929. The minimum Gasteiger partial charge on any atom is -0.466 e. The first-order valence-corrected chi connectivity index (χ1v) is 6.87. The number of carbonyl (C=O) groups is 1. The van der Waals surface area contributed by atoms with Crippen LogP contribution in [0.3, 0.4) is 0 Å². The smallest absolute Gasteiger partial charge is 0.305 e. The molecular weight excluding hydrogens is 232 g/mol. The molecule has 0 fully saturated rings. The highest BCUT2D eigenvalue weighted by atomic mass is 16.5. The molecule has 0 aliphatic rings. The van der Waals surface area contributed by atoms with Crippen LogP contribution < -0.4 is 0 Å². The van der Waals surface area contributed by atoms with E-state index in [1.54, 1.807) is 0 Å². The van der Waals surface area contributed by atoms with Crippen molar-refractivity contribution < 1.29 is 19.0 Å². The second-order valence-electron chi connectivity index (χ2n) is 5.04. The number of rotatable bonds is 11. The van der Waals surface area contributed by atoms with Gasteiger partial charge >= 0.3 is 5.97 Å². The van der Waals surface area contributed by atoms with Gasteiger partial charge in [0.15, 0.2) is 0 Å². The molecule has 108 valence electrons. The molecule has 0 aromatic rings. The van der Waals surface area contributed by atoms with Crippen molar-refractivity contribution in [2.75, 3.05) is 26.4 Å². The van der Waals surface area contributed by atoms with E-state index in [2.05, 4.69) is 13.8 Å². The van der Waals surface area contributed by atoms with E-state index >= 15 is 0 Å². The summed E-state index contributed by atoms with van der Waals surface area (Å²) in [6.07, 6.45) is 2.31. The van der Waals surface area contributed by atoms with Gasteiger partial charge in [0.25, 0.3) is 0 Å². The fourth-order valence-corrected chi connectivity index (χ4v) is 1.24. The maximum atomic E-state index is 11.3. The van der Waals surface area contributed by atoms with Crippen molar-refractivity contribution in [3.8, 4) is 0 Å². The topological polar surface area (TPSA) is 44.8 Å². The van der Waals surface area contributed by atoms with Crippen LogP contribution in [0, 0.1) is 5.92 Å². The van der Waals surface area contributed by atoms with Gasteiger partial charge < -0.3 is 14.2 Å². The summed E-state index contributed by atoms with van der Waals surface area (Å²) in [5.74, 6) is 0.444. The molecule has 0 heterocycles. The molecule has 0 unspecified atom stereocenters. The molecule has 4 heteroatoms. The summed E-state index contributed by atoms with van der Waals surface area (Å²) >= 11 is 0. The van der Waals surface area contributed by atoms with Crippen molar-refractivity contribution in [2.24, 2.45) is 5.92 Å². The second kappa shape index (κ2) is 11.5. The van der Waals surface area contributed by atoms with Crippen LogP contribution in [0.1, 0.15) is 47.0 Å². The van der Waals surface area contributed by atoms with Crippen LogP contribution in [-0.2, 0) is 19.0 Å². The van der Waals surface area contributed by atoms with Crippen molar-refractivity contribution in [2.45, 2.75) is 53.1 Å². The molecule has 0 aliphatic carbocycles. The first-order chi connectivity index (χ1) is 8.52. The highest BCUT2D eigenvalue weighted by molar-refractivity contribution is 5.69. The van der Waals surface area contributed by atoms with Crippen LogP contribution in [0.25, 0.3) is 0 Å². The zero-order chi connectivity index (χ0) is 13.8. The quantitative estimate of drug-likeness (QED) is 0.423. The number of carbonyl (C=O) groups excluding carboxylic acids is 1. The minimum absolute atomic E-state index is 0.127. The highest BCUT2D eigenvalue weighted by Crippen LogP contribution is 2.01. The first-order valence-electron chi connectivity index (χ1n) is 6.87. The minimum atomic E-state index is -0.127. The van der Waals surface area contributed by atoms with Gasteiger partial charge in [-0.3, -0.25) is 4.79 Å². The van der Waals surface area contributed by atoms with Crippen molar-refractivity contribution in [3.63, 3.8) is 0 Å². The van der Waals surface area contributed by atoms with Gasteiger partial charge in [0.05, 0.1) is 25.9 Å². The van der Waals surface area contributed by atoms with E-state index in [1.807, 2.05) is 13.8 Å². The predicted octanol–water partition coefficient (Wildman–Crippen LogP) is 2.80. The van der Waals surface area contributed by atoms with Crippen LogP contribution in [-0.4, -0.2) is 38.5 Å². The monoisotopic (exact) mass is 260 g/mol. The lowest BCUT2D eigenvalue weighted by atomic mass is 10.1. The van der Waals surface area contributed by atoms with Gasteiger partial charge in [-0.05, 0) is 32.6 Å². The van der Waals surface area contributed by atoms with E-state index in [0.29, 0.717) is 45.2 Å². The Kier molecular flexibility index (Phi) is 11.1. The molecule has 0 aliphatic heterocycles. The molecule has 0 radical (unpaired) electrons. The number of ether oxygens (including phenoxy) is 3. The van der Waals surface area contributed by atoms with E-state index in [9.17, 15) is 4.79 Å². The normalized spacial score (nSPS) is 11.2. The third-order valence-corrected chi connectivity index (χ3v) is 2.31. The van der Waals surface area contributed by atoms with Gasteiger partial charge in [-0.2, -0.15) is 0 Å². The molecule has 0 bridgehead atoms. The average molecular weight is 260 g/mol. The predicted molar refractivity (Wildman–Crippen MR) is 71.6 cm³/mol.